The predicted molar refractivity (Wildman–Crippen MR) is 72.9 cm³/mol. The normalized spacial score (nSPS) is 10.3. The van der Waals surface area contributed by atoms with Gasteiger partial charge in [0.25, 0.3) is 0 Å². The van der Waals surface area contributed by atoms with Crippen LogP contribution < -0.4 is 10.4 Å². The van der Waals surface area contributed by atoms with Crippen LogP contribution in [0.2, 0.25) is 0 Å². The Morgan fingerprint density at radius 2 is 1.68 bits per heavy atom. The summed E-state index contributed by atoms with van der Waals surface area (Å²) in [4.78, 5) is 14.3. The van der Waals surface area contributed by atoms with Gasteiger partial charge in [-0.1, -0.05) is 30.3 Å². The molecule has 3 rings (SSSR count). The van der Waals surface area contributed by atoms with Crippen LogP contribution in [0.1, 0.15) is 0 Å². The monoisotopic (exact) mass is 252 g/mol. The molecule has 2 aromatic carbocycles. The second kappa shape index (κ2) is 4.86. The van der Waals surface area contributed by atoms with E-state index in [0.29, 0.717) is 11.4 Å². The van der Waals surface area contributed by atoms with E-state index in [4.69, 9.17) is 4.74 Å². The molecule has 0 saturated heterocycles. The number of aromatic nitrogens is 2. The molecule has 94 valence electrons. The number of rotatable bonds is 3. The smallest absolute Gasteiger partial charge is 0.330 e. The maximum Gasteiger partial charge on any atom is 0.330 e. The third kappa shape index (κ3) is 2.28. The standard InChI is InChI=1S/C15H12N2O2/c18-15-16-10-11-17(15)13-8-4-5-9-14(13)19-12-6-2-1-3-7-12/h1-11H,(H,16,18). The summed E-state index contributed by atoms with van der Waals surface area (Å²) in [5.41, 5.74) is 0.515. The van der Waals surface area contributed by atoms with Crippen molar-refractivity contribution >= 4 is 0 Å². The minimum Gasteiger partial charge on any atom is -0.455 e. The van der Waals surface area contributed by atoms with E-state index in [1.807, 2.05) is 54.6 Å². The summed E-state index contributed by atoms with van der Waals surface area (Å²) >= 11 is 0. The summed E-state index contributed by atoms with van der Waals surface area (Å²) in [6, 6.07) is 16.9. The molecule has 3 aromatic rings. The molecule has 0 aliphatic rings. The first-order chi connectivity index (χ1) is 9.34. The zero-order chi connectivity index (χ0) is 13.1. The summed E-state index contributed by atoms with van der Waals surface area (Å²) in [7, 11) is 0. The van der Waals surface area contributed by atoms with E-state index >= 15 is 0 Å². The highest BCUT2D eigenvalue weighted by Crippen LogP contribution is 2.26. The van der Waals surface area contributed by atoms with Crippen molar-refractivity contribution in [3.8, 4) is 17.2 Å². The number of ether oxygens (including phenoxy) is 1. The molecule has 19 heavy (non-hydrogen) atoms. The molecule has 0 bridgehead atoms. The van der Waals surface area contributed by atoms with Crippen LogP contribution in [-0.4, -0.2) is 9.55 Å². The maximum absolute atomic E-state index is 11.7. The van der Waals surface area contributed by atoms with Crippen molar-refractivity contribution in [2.45, 2.75) is 0 Å². The van der Waals surface area contributed by atoms with Crippen LogP contribution in [0.15, 0.2) is 71.8 Å². The minimum absolute atomic E-state index is 0.191. The quantitative estimate of drug-likeness (QED) is 0.779. The Balaban J connectivity index is 2.04. The van der Waals surface area contributed by atoms with Crippen molar-refractivity contribution in [2.24, 2.45) is 0 Å². The largest absolute Gasteiger partial charge is 0.455 e. The second-order valence-corrected chi connectivity index (χ2v) is 4.02. The van der Waals surface area contributed by atoms with Gasteiger partial charge in [0.15, 0.2) is 5.75 Å². The molecule has 0 fully saturated rings. The minimum atomic E-state index is -0.191. The zero-order valence-electron chi connectivity index (χ0n) is 10.1. The van der Waals surface area contributed by atoms with Crippen molar-refractivity contribution in [3.63, 3.8) is 0 Å². The molecule has 0 amide bonds. The Hall–Kier alpha value is -2.75. The number of para-hydroxylation sites is 3. The van der Waals surface area contributed by atoms with E-state index in [9.17, 15) is 4.79 Å². The molecule has 4 heteroatoms. The van der Waals surface area contributed by atoms with Crippen LogP contribution in [-0.2, 0) is 0 Å². The van der Waals surface area contributed by atoms with Gasteiger partial charge in [-0.15, -0.1) is 0 Å². The van der Waals surface area contributed by atoms with E-state index in [1.165, 1.54) is 4.57 Å². The van der Waals surface area contributed by atoms with Crippen LogP contribution in [0.5, 0.6) is 11.5 Å². The van der Waals surface area contributed by atoms with E-state index < -0.39 is 0 Å². The number of nitrogens with one attached hydrogen (secondary N) is 1. The number of hydrogen-bond donors (Lipinski definition) is 1. The van der Waals surface area contributed by atoms with Gasteiger partial charge < -0.3 is 9.72 Å². The van der Waals surface area contributed by atoms with Gasteiger partial charge in [-0.3, -0.25) is 4.57 Å². The van der Waals surface area contributed by atoms with Crippen molar-refractivity contribution < 1.29 is 4.74 Å². The Morgan fingerprint density at radius 1 is 0.947 bits per heavy atom. The molecule has 4 nitrogen and oxygen atoms in total. The maximum atomic E-state index is 11.7. The summed E-state index contributed by atoms with van der Waals surface area (Å²) in [6.07, 6.45) is 3.27. The zero-order valence-corrected chi connectivity index (χ0v) is 10.1. The summed E-state index contributed by atoms with van der Waals surface area (Å²) in [5, 5.41) is 0. The lowest BCUT2D eigenvalue weighted by Crippen LogP contribution is -2.14. The molecular weight excluding hydrogens is 240 g/mol. The lowest BCUT2D eigenvalue weighted by Gasteiger charge is -2.10. The number of H-pyrrole nitrogens is 1. The highest BCUT2D eigenvalue weighted by molar-refractivity contribution is 5.48. The van der Waals surface area contributed by atoms with E-state index in [0.717, 1.165) is 5.75 Å². The van der Waals surface area contributed by atoms with Crippen LogP contribution in [0.25, 0.3) is 5.69 Å². The average molecular weight is 252 g/mol. The molecule has 0 spiro atoms. The number of imidazole rings is 1. The average Bonchev–Trinajstić information content (AvgIpc) is 2.87. The van der Waals surface area contributed by atoms with Crippen molar-refractivity contribution in [1.29, 1.82) is 0 Å². The van der Waals surface area contributed by atoms with Gasteiger partial charge in [0, 0.05) is 12.4 Å². The summed E-state index contributed by atoms with van der Waals surface area (Å²) in [6.45, 7) is 0. The molecule has 0 aliphatic heterocycles. The third-order valence-electron chi connectivity index (χ3n) is 2.75. The first-order valence-electron chi connectivity index (χ1n) is 5.93. The third-order valence-corrected chi connectivity index (χ3v) is 2.75. The summed E-state index contributed by atoms with van der Waals surface area (Å²) < 4.78 is 7.33. The van der Waals surface area contributed by atoms with Gasteiger partial charge in [0.05, 0.1) is 5.69 Å². The van der Waals surface area contributed by atoms with Crippen LogP contribution in [0.4, 0.5) is 0 Å². The SMILES string of the molecule is O=c1[nH]ccn1-c1ccccc1Oc1ccccc1. The molecule has 1 heterocycles. The van der Waals surface area contributed by atoms with Gasteiger partial charge in [-0.2, -0.15) is 0 Å². The van der Waals surface area contributed by atoms with Gasteiger partial charge >= 0.3 is 5.69 Å². The van der Waals surface area contributed by atoms with Crippen molar-refractivity contribution in [3.05, 3.63) is 77.5 Å². The van der Waals surface area contributed by atoms with E-state index in [-0.39, 0.29) is 5.69 Å². The van der Waals surface area contributed by atoms with Crippen LogP contribution >= 0.6 is 0 Å². The predicted octanol–water partition coefficient (Wildman–Crippen LogP) is 2.96. The number of benzene rings is 2. The Kier molecular flexibility index (Phi) is 2.90. The fourth-order valence-corrected chi connectivity index (χ4v) is 1.87. The summed E-state index contributed by atoms with van der Waals surface area (Å²) in [5.74, 6) is 1.37. The Morgan fingerprint density at radius 3 is 2.42 bits per heavy atom. The van der Waals surface area contributed by atoms with Gasteiger partial charge in [-0.05, 0) is 24.3 Å². The molecule has 0 radical (unpaired) electrons. The second-order valence-electron chi connectivity index (χ2n) is 4.02. The first kappa shape index (κ1) is 11.3. The molecular formula is C15H12N2O2. The molecule has 0 aliphatic carbocycles. The Labute approximate surface area is 109 Å². The van der Waals surface area contributed by atoms with Crippen LogP contribution in [0.3, 0.4) is 0 Å². The topological polar surface area (TPSA) is 47.0 Å². The van der Waals surface area contributed by atoms with Crippen molar-refractivity contribution in [2.75, 3.05) is 0 Å². The van der Waals surface area contributed by atoms with Crippen molar-refractivity contribution in [1.82, 2.24) is 9.55 Å². The lowest BCUT2D eigenvalue weighted by atomic mass is 10.3. The number of hydrogen-bond acceptors (Lipinski definition) is 2. The first-order valence-corrected chi connectivity index (χ1v) is 5.93. The Bertz CT molecular complexity index is 729. The highest BCUT2D eigenvalue weighted by atomic mass is 16.5. The van der Waals surface area contributed by atoms with Gasteiger partial charge in [0.1, 0.15) is 5.75 Å². The van der Waals surface area contributed by atoms with Crippen LogP contribution in [0, 0.1) is 0 Å². The molecule has 0 atom stereocenters. The molecule has 1 aromatic heterocycles. The number of nitrogens with zero attached hydrogens (tertiary/aromatic N) is 1. The number of aromatic amines is 1. The van der Waals surface area contributed by atoms with Gasteiger partial charge in [-0.25, -0.2) is 4.79 Å². The molecule has 0 unspecified atom stereocenters. The highest BCUT2D eigenvalue weighted by Gasteiger charge is 2.07. The van der Waals surface area contributed by atoms with E-state index in [1.54, 1.807) is 12.4 Å². The van der Waals surface area contributed by atoms with E-state index in [2.05, 4.69) is 4.98 Å². The fraction of sp³-hybridized carbons (Fsp3) is 0. The molecule has 1 N–H and O–H groups in total. The fourth-order valence-electron chi connectivity index (χ4n) is 1.87. The molecule has 0 saturated carbocycles. The lowest BCUT2D eigenvalue weighted by molar-refractivity contribution is 0.479. The van der Waals surface area contributed by atoms with Gasteiger partial charge in [0.2, 0.25) is 0 Å².